The first-order valence-electron chi connectivity index (χ1n) is 8.44. The molecule has 7 nitrogen and oxygen atoms in total. The molecule has 0 radical (unpaired) electrons. The van der Waals surface area contributed by atoms with Crippen LogP contribution in [0.1, 0.15) is 22.3 Å². The van der Waals surface area contributed by atoms with E-state index in [1.807, 2.05) is 12.1 Å². The summed E-state index contributed by atoms with van der Waals surface area (Å²) in [4.78, 5) is 27.4. The van der Waals surface area contributed by atoms with Crippen molar-refractivity contribution >= 4 is 11.8 Å². The van der Waals surface area contributed by atoms with Crippen molar-refractivity contribution in [2.45, 2.75) is 25.0 Å². The SMILES string of the molecule is NC(=O)c1ccc(O[C@@H]2COCC[C@H]2NC(=O)Cc2ccncc2)cc1. The highest BCUT2D eigenvalue weighted by molar-refractivity contribution is 5.92. The number of carbonyl (C=O) groups is 2. The van der Waals surface area contributed by atoms with Gasteiger partial charge in [-0.15, -0.1) is 0 Å². The van der Waals surface area contributed by atoms with E-state index in [1.165, 1.54) is 0 Å². The molecule has 0 saturated carbocycles. The van der Waals surface area contributed by atoms with Crippen LogP contribution < -0.4 is 15.8 Å². The lowest BCUT2D eigenvalue weighted by Crippen LogP contribution is -2.51. The van der Waals surface area contributed by atoms with Gasteiger partial charge in [0.1, 0.15) is 11.9 Å². The summed E-state index contributed by atoms with van der Waals surface area (Å²) in [5.74, 6) is 0.0402. The fourth-order valence-corrected chi connectivity index (χ4v) is 2.81. The second kappa shape index (κ2) is 8.44. The molecule has 1 saturated heterocycles. The number of benzene rings is 1. The maximum absolute atomic E-state index is 12.3. The molecular weight excluding hydrogens is 334 g/mol. The van der Waals surface area contributed by atoms with Gasteiger partial charge in [0.05, 0.1) is 19.1 Å². The topological polar surface area (TPSA) is 104 Å². The lowest BCUT2D eigenvalue weighted by atomic mass is 10.0. The molecule has 0 aliphatic carbocycles. The van der Waals surface area contributed by atoms with Crippen LogP contribution >= 0.6 is 0 Å². The molecule has 26 heavy (non-hydrogen) atoms. The molecule has 1 aromatic heterocycles. The molecule has 1 aliphatic heterocycles. The molecule has 0 unspecified atom stereocenters. The predicted octanol–water partition coefficient (Wildman–Crippen LogP) is 1.08. The number of rotatable bonds is 6. The zero-order chi connectivity index (χ0) is 18.4. The number of hydrogen-bond acceptors (Lipinski definition) is 5. The smallest absolute Gasteiger partial charge is 0.248 e. The third-order valence-corrected chi connectivity index (χ3v) is 4.19. The van der Waals surface area contributed by atoms with Crippen molar-refractivity contribution in [2.24, 2.45) is 5.73 Å². The zero-order valence-corrected chi connectivity index (χ0v) is 14.3. The van der Waals surface area contributed by atoms with Crippen LogP contribution in [0.25, 0.3) is 0 Å². The molecule has 1 fully saturated rings. The minimum absolute atomic E-state index is 0.0687. The summed E-state index contributed by atoms with van der Waals surface area (Å²) in [6.07, 6.45) is 3.99. The second-order valence-electron chi connectivity index (χ2n) is 6.11. The minimum atomic E-state index is -0.487. The zero-order valence-electron chi connectivity index (χ0n) is 14.3. The van der Waals surface area contributed by atoms with Crippen molar-refractivity contribution < 1.29 is 19.1 Å². The third-order valence-electron chi connectivity index (χ3n) is 4.19. The normalized spacial score (nSPS) is 19.5. The molecule has 0 spiro atoms. The summed E-state index contributed by atoms with van der Waals surface area (Å²) < 4.78 is 11.4. The van der Waals surface area contributed by atoms with Gasteiger partial charge in [-0.25, -0.2) is 0 Å². The van der Waals surface area contributed by atoms with Gasteiger partial charge >= 0.3 is 0 Å². The highest BCUT2D eigenvalue weighted by atomic mass is 16.5. The first kappa shape index (κ1) is 17.9. The van der Waals surface area contributed by atoms with Crippen LogP contribution in [0.4, 0.5) is 0 Å². The standard InChI is InChI=1S/C19H21N3O4/c20-19(24)14-1-3-15(4-2-14)26-17-12-25-10-7-16(17)22-18(23)11-13-5-8-21-9-6-13/h1-6,8-9,16-17H,7,10-12H2,(H2,20,24)(H,22,23)/t16-,17-/m1/s1. The molecule has 2 aromatic rings. The molecule has 0 bridgehead atoms. The summed E-state index contributed by atoms with van der Waals surface area (Å²) >= 11 is 0. The molecule has 2 heterocycles. The van der Waals surface area contributed by atoms with Gasteiger partial charge in [-0.3, -0.25) is 14.6 Å². The molecule has 1 aromatic carbocycles. The first-order valence-corrected chi connectivity index (χ1v) is 8.44. The number of ether oxygens (including phenoxy) is 2. The molecule has 3 N–H and O–H groups in total. The number of nitrogens with one attached hydrogen (secondary N) is 1. The van der Waals surface area contributed by atoms with Gasteiger partial charge in [0.2, 0.25) is 11.8 Å². The number of nitrogens with two attached hydrogens (primary N) is 1. The van der Waals surface area contributed by atoms with E-state index in [9.17, 15) is 9.59 Å². The van der Waals surface area contributed by atoms with Gasteiger partial charge in [0.15, 0.2) is 0 Å². The Morgan fingerprint density at radius 2 is 1.92 bits per heavy atom. The Kier molecular flexibility index (Phi) is 5.80. The number of aromatic nitrogens is 1. The van der Waals surface area contributed by atoms with Crippen LogP contribution in [0.5, 0.6) is 5.75 Å². The van der Waals surface area contributed by atoms with Crippen LogP contribution in [0.2, 0.25) is 0 Å². The first-order chi connectivity index (χ1) is 12.6. The van der Waals surface area contributed by atoms with Gasteiger partial charge in [0, 0.05) is 24.6 Å². The number of nitrogens with zero attached hydrogens (tertiary/aromatic N) is 1. The van der Waals surface area contributed by atoms with Crippen molar-refractivity contribution in [1.82, 2.24) is 10.3 Å². The quantitative estimate of drug-likeness (QED) is 0.807. The fourth-order valence-electron chi connectivity index (χ4n) is 2.81. The Balaban J connectivity index is 1.60. The maximum atomic E-state index is 12.3. The van der Waals surface area contributed by atoms with Gasteiger partial charge in [-0.05, 0) is 48.4 Å². The molecule has 3 rings (SSSR count). The molecule has 2 atom stereocenters. The Morgan fingerprint density at radius 1 is 1.19 bits per heavy atom. The van der Waals surface area contributed by atoms with E-state index < -0.39 is 5.91 Å². The third kappa shape index (κ3) is 4.80. The van der Waals surface area contributed by atoms with Gasteiger partial charge < -0.3 is 20.5 Å². The van der Waals surface area contributed by atoms with E-state index in [4.69, 9.17) is 15.2 Å². The van der Waals surface area contributed by atoms with Crippen LogP contribution in [0.15, 0.2) is 48.8 Å². The molecule has 136 valence electrons. The monoisotopic (exact) mass is 355 g/mol. The Morgan fingerprint density at radius 3 is 2.62 bits per heavy atom. The van der Waals surface area contributed by atoms with E-state index in [1.54, 1.807) is 36.7 Å². The number of amides is 2. The average molecular weight is 355 g/mol. The van der Waals surface area contributed by atoms with E-state index in [0.717, 1.165) is 5.56 Å². The molecule has 7 heteroatoms. The Labute approximate surface area is 151 Å². The number of hydrogen-bond donors (Lipinski definition) is 2. The Bertz CT molecular complexity index is 749. The van der Waals surface area contributed by atoms with Crippen LogP contribution in [0, 0.1) is 0 Å². The van der Waals surface area contributed by atoms with Crippen molar-refractivity contribution in [3.63, 3.8) is 0 Å². The second-order valence-corrected chi connectivity index (χ2v) is 6.11. The highest BCUT2D eigenvalue weighted by Gasteiger charge is 2.29. The lowest BCUT2D eigenvalue weighted by molar-refractivity contribution is -0.123. The lowest BCUT2D eigenvalue weighted by Gasteiger charge is -2.32. The van der Waals surface area contributed by atoms with E-state index in [-0.39, 0.29) is 18.1 Å². The van der Waals surface area contributed by atoms with Crippen molar-refractivity contribution in [3.8, 4) is 5.75 Å². The fraction of sp³-hybridized carbons (Fsp3) is 0.316. The number of pyridine rings is 1. The summed E-state index contributed by atoms with van der Waals surface area (Å²) in [6, 6.07) is 10.1. The van der Waals surface area contributed by atoms with Gasteiger partial charge in [-0.1, -0.05) is 0 Å². The van der Waals surface area contributed by atoms with Gasteiger partial charge in [-0.2, -0.15) is 0 Å². The largest absolute Gasteiger partial charge is 0.486 e. The number of carbonyl (C=O) groups excluding carboxylic acids is 2. The minimum Gasteiger partial charge on any atom is -0.486 e. The maximum Gasteiger partial charge on any atom is 0.248 e. The van der Waals surface area contributed by atoms with Crippen LogP contribution in [-0.4, -0.2) is 42.2 Å². The van der Waals surface area contributed by atoms with Crippen molar-refractivity contribution in [2.75, 3.05) is 13.2 Å². The molecule has 2 amide bonds. The summed E-state index contributed by atoms with van der Waals surface area (Å²) in [5.41, 5.74) is 6.56. The van der Waals surface area contributed by atoms with Crippen LogP contribution in [-0.2, 0) is 16.0 Å². The predicted molar refractivity (Wildman–Crippen MR) is 94.7 cm³/mol. The summed E-state index contributed by atoms with van der Waals surface area (Å²) in [7, 11) is 0. The van der Waals surface area contributed by atoms with E-state index in [2.05, 4.69) is 10.3 Å². The summed E-state index contributed by atoms with van der Waals surface area (Å²) in [6.45, 7) is 0.957. The Hall–Kier alpha value is -2.93. The number of primary amides is 1. The average Bonchev–Trinajstić information content (AvgIpc) is 2.64. The van der Waals surface area contributed by atoms with Gasteiger partial charge in [0.25, 0.3) is 0 Å². The molecular formula is C19H21N3O4. The van der Waals surface area contributed by atoms with E-state index in [0.29, 0.717) is 37.4 Å². The van der Waals surface area contributed by atoms with E-state index >= 15 is 0 Å². The van der Waals surface area contributed by atoms with Crippen molar-refractivity contribution in [3.05, 3.63) is 59.9 Å². The summed E-state index contributed by atoms with van der Waals surface area (Å²) in [5, 5.41) is 3.03. The van der Waals surface area contributed by atoms with Crippen LogP contribution in [0.3, 0.4) is 0 Å². The van der Waals surface area contributed by atoms with Crippen molar-refractivity contribution in [1.29, 1.82) is 0 Å². The highest BCUT2D eigenvalue weighted by Crippen LogP contribution is 2.18. The molecule has 1 aliphatic rings.